The first-order valence-corrected chi connectivity index (χ1v) is 9.31. The summed E-state index contributed by atoms with van der Waals surface area (Å²) in [6.45, 7) is 0. The molecule has 5 heteroatoms. The molecule has 0 spiro atoms. The van der Waals surface area contributed by atoms with E-state index < -0.39 is 0 Å². The topological polar surface area (TPSA) is 45.2 Å². The van der Waals surface area contributed by atoms with Crippen LogP contribution in [0.15, 0.2) is 84.7 Å². The number of carbonyl (C=O) groups excluding carboxylic acids is 1. The number of amides is 1. The van der Waals surface area contributed by atoms with Crippen LogP contribution in [0, 0.1) is 0 Å². The second-order valence-corrected chi connectivity index (χ2v) is 7.00. The second kappa shape index (κ2) is 6.55. The van der Waals surface area contributed by atoms with E-state index in [4.69, 9.17) is 12.2 Å². The summed E-state index contributed by atoms with van der Waals surface area (Å²) >= 11 is 5.43. The highest BCUT2D eigenvalue weighted by Gasteiger charge is 2.32. The first-order chi connectivity index (χ1) is 13.7. The SMILES string of the molecule is O=C1/C(=C/c2ccccn2)NC(=S)N1c1ccc2cc3ccccc3cc2c1. The molecule has 0 aliphatic carbocycles. The van der Waals surface area contributed by atoms with Gasteiger partial charge in [0.15, 0.2) is 5.11 Å². The molecule has 0 saturated carbocycles. The van der Waals surface area contributed by atoms with Gasteiger partial charge in [0.25, 0.3) is 5.91 Å². The lowest BCUT2D eigenvalue weighted by Crippen LogP contribution is -2.30. The molecule has 28 heavy (non-hydrogen) atoms. The Morgan fingerprint density at radius 2 is 1.57 bits per heavy atom. The zero-order chi connectivity index (χ0) is 19.1. The van der Waals surface area contributed by atoms with Gasteiger partial charge in [0, 0.05) is 6.20 Å². The van der Waals surface area contributed by atoms with E-state index in [2.05, 4.69) is 34.6 Å². The van der Waals surface area contributed by atoms with Crippen LogP contribution in [0.5, 0.6) is 0 Å². The fourth-order valence-electron chi connectivity index (χ4n) is 3.45. The van der Waals surface area contributed by atoms with Crippen LogP contribution in [0.25, 0.3) is 27.6 Å². The molecule has 1 aromatic heterocycles. The van der Waals surface area contributed by atoms with Crippen LogP contribution in [0.3, 0.4) is 0 Å². The molecule has 3 aromatic carbocycles. The van der Waals surface area contributed by atoms with E-state index in [1.54, 1.807) is 12.3 Å². The second-order valence-electron chi connectivity index (χ2n) is 6.61. The number of rotatable bonds is 2. The van der Waals surface area contributed by atoms with Gasteiger partial charge in [-0.25, -0.2) is 0 Å². The third-order valence-corrected chi connectivity index (χ3v) is 5.09. The lowest BCUT2D eigenvalue weighted by molar-refractivity contribution is -0.113. The largest absolute Gasteiger partial charge is 0.327 e. The molecule has 0 bridgehead atoms. The summed E-state index contributed by atoms with van der Waals surface area (Å²) < 4.78 is 0. The average Bonchev–Trinajstić information content (AvgIpc) is 2.99. The number of carbonyl (C=O) groups is 1. The highest BCUT2D eigenvalue weighted by Crippen LogP contribution is 2.29. The number of nitrogens with zero attached hydrogens (tertiary/aromatic N) is 2. The van der Waals surface area contributed by atoms with Gasteiger partial charge in [0.1, 0.15) is 5.70 Å². The van der Waals surface area contributed by atoms with Gasteiger partial charge in [-0.3, -0.25) is 14.7 Å². The monoisotopic (exact) mass is 381 g/mol. The molecule has 4 aromatic rings. The quantitative estimate of drug-likeness (QED) is 0.312. The van der Waals surface area contributed by atoms with E-state index in [-0.39, 0.29) is 5.91 Å². The van der Waals surface area contributed by atoms with Crippen molar-refractivity contribution < 1.29 is 4.79 Å². The Labute approximate surface area is 167 Å². The first-order valence-electron chi connectivity index (χ1n) is 8.90. The summed E-state index contributed by atoms with van der Waals surface area (Å²) in [5.41, 5.74) is 1.87. The average molecular weight is 381 g/mol. The molecule has 0 radical (unpaired) electrons. The first kappa shape index (κ1) is 16.6. The van der Waals surface area contributed by atoms with Gasteiger partial charge in [-0.15, -0.1) is 0 Å². The van der Waals surface area contributed by atoms with E-state index in [9.17, 15) is 4.79 Å². The van der Waals surface area contributed by atoms with Gasteiger partial charge in [0.05, 0.1) is 11.4 Å². The molecule has 1 aliphatic heterocycles. The van der Waals surface area contributed by atoms with Crippen molar-refractivity contribution in [3.05, 3.63) is 90.4 Å². The van der Waals surface area contributed by atoms with Crippen LogP contribution < -0.4 is 10.2 Å². The third kappa shape index (κ3) is 2.82. The number of thiocarbonyl (C=S) groups is 1. The minimum atomic E-state index is -0.184. The Hall–Kier alpha value is -3.57. The fourth-order valence-corrected chi connectivity index (χ4v) is 3.74. The molecule has 134 valence electrons. The fraction of sp³-hybridized carbons (Fsp3) is 0. The Balaban J connectivity index is 1.55. The molecule has 5 rings (SSSR count). The van der Waals surface area contributed by atoms with Crippen molar-refractivity contribution in [1.82, 2.24) is 10.3 Å². The smallest absolute Gasteiger partial charge is 0.281 e. The summed E-state index contributed by atoms with van der Waals surface area (Å²) in [5, 5.41) is 7.92. The molecule has 1 amide bonds. The number of anilines is 1. The minimum absolute atomic E-state index is 0.184. The van der Waals surface area contributed by atoms with Gasteiger partial charge in [-0.2, -0.15) is 0 Å². The van der Waals surface area contributed by atoms with Gasteiger partial charge >= 0.3 is 0 Å². The van der Waals surface area contributed by atoms with Crippen LogP contribution in [-0.4, -0.2) is 16.0 Å². The van der Waals surface area contributed by atoms with E-state index in [0.29, 0.717) is 16.5 Å². The van der Waals surface area contributed by atoms with E-state index >= 15 is 0 Å². The number of nitrogens with one attached hydrogen (secondary N) is 1. The van der Waals surface area contributed by atoms with E-state index in [0.717, 1.165) is 21.8 Å². The molecular formula is C23H15N3OS. The summed E-state index contributed by atoms with van der Waals surface area (Å²) in [5.74, 6) is -0.184. The summed E-state index contributed by atoms with van der Waals surface area (Å²) in [6.07, 6.45) is 3.40. The zero-order valence-electron chi connectivity index (χ0n) is 14.8. The molecule has 0 atom stereocenters. The predicted octanol–water partition coefficient (Wildman–Crippen LogP) is 4.65. The lowest BCUT2D eigenvalue weighted by atomic mass is 10.0. The van der Waals surface area contributed by atoms with Gasteiger partial charge in [-0.05, 0) is 76.2 Å². The summed E-state index contributed by atoms with van der Waals surface area (Å²) in [6, 6.07) is 24.0. The van der Waals surface area contributed by atoms with Crippen molar-refractivity contribution >= 4 is 56.5 Å². The van der Waals surface area contributed by atoms with Crippen molar-refractivity contribution in [3.63, 3.8) is 0 Å². The zero-order valence-corrected chi connectivity index (χ0v) is 15.6. The highest BCUT2D eigenvalue weighted by atomic mass is 32.1. The highest BCUT2D eigenvalue weighted by molar-refractivity contribution is 7.80. The Morgan fingerprint density at radius 1 is 0.857 bits per heavy atom. The van der Waals surface area contributed by atoms with Gasteiger partial charge in [-0.1, -0.05) is 36.4 Å². The number of hydrogen-bond acceptors (Lipinski definition) is 3. The predicted molar refractivity (Wildman–Crippen MR) is 117 cm³/mol. The Bertz CT molecular complexity index is 1280. The Kier molecular flexibility index (Phi) is 3.88. The maximum absolute atomic E-state index is 12.9. The molecule has 4 nitrogen and oxygen atoms in total. The Morgan fingerprint density at radius 3 is 2.32 bits per heavy atom. The molecule has 2 heterocycles. The van der Waals surface area contributed by atoms with Crippen molar-refractivity contribution in [2.24, 2.45) is 0 Å². The van der Waals surface area contributed by atoms with Crippen molar-refractivity contribution in [1.29, 1.82) is 0 Å². The maximum Gasteiger partial charge on any atom is 0.281 e. The van der Waals surface area contributed by atoms with Crippen LogP contribution >= 0.6 is 12.2 Å². The van der Waals surface area contributed by atoms with E-state index in [1.165, 1.54) is 10.3 Å². The minimum Gasteiger partial charge on any atom is -0.327 e. The molecule has 1 aliphatic rings. The summed E-state index contributed by atoms with van der Waals surface area (Å²) in [4.78, 5) is 18.7. The number of pyridine rings is 1. The van der Waals surface area contributed by atoms with Crippen LogP contribution in [0.4, 0.5) is 5.69 Å². The van der Waals surface area contributed by atoms with Crippen LogP contribution in [-0.2, 0) is 4.79 Å². The molecular weight excluding hydrogens is 366 g/mol. The number of aromatic nitrogens is 1. The molecule has 0 unspecified atom stereocenters. The van der Waals surface area contributed by atoms with E-state index in [1.807, 2.05) is 48.5 Å². The van der Waals surface area contributed by atoms with Crippen LogP contribution in [0.2, 0.25) is 0 Å². The number of benzene rings is 3. The standard InChI is InChI=1S/C23H15N3OS/c27-22-21(14-19-7-3-4-10-24-19)25-23(28)26(22)20-9-8-17-11-15-5-1-2-6-16(15)12-18(17)13-20/h1-14H,(H,25,28)/b21-14-. The van der Waals surface area contributed by atoms with Gasteiger partial charge < -0.3 is 5.32 Å². The van der Waals surface area contributed by atoms with Crippen molar-refractivity contribution in [3.8, 4) is 0 Å². The van der Waals surface area contributed by atoms with Crippen molar-refractivity contribution in [2.45, 2.75) is 0 Å². The number of hydrogen-bond donors (Lipinski definition) is 1. The van der Waals surface area contributed by atoms with Crippen LogP contribution in [0.1, 0.15) is 5.69 Å². The van der Waals surface area contributed by atoms with Crippen molar-refractivity contribution in [2.75, 3.05) is 4.90 Å². The molecule has 1 fully saturated rings. The lowest BCUT2D eigenvalue weighted by Gasteiger charge is -2.15. The molecule has 1 N–H and O–H groups in total. The summed E-state index contributed by atoms with van der Waals surface area (Å²) in [7, 11) is 0. The molecule has 1 saturated heterocycles. The normalized spacial score (nSPS) is 15.6. The number of fused-ring (bicyclic) bond motifs is 2. The third-order valence-electron chi connectivity index (χ3n) is 4.80. The van der Waals surface area contributed by atoms with Gasteiger partial charge in [0.2, 0.25) is 0 Å². The maximum atomic E-state index is 12.9.